The number of benzene rings is 1. The van der Waals surface area contributed by atoms with Crippen molar-refractivity contribution in [1.29, 1.82) is 0 Å². The number of nitrogen functional groups attached to an aromatic ring is 1. The predicted octanol–water partition coefficient (Wildman–Crippen LogP) is 0.427. The van der Waals surface area contributed by atoms with Gasteiger partial charge in [0.15, 0.2) is 0 Å². The van der Waals surface area contributed by atoms with Gasteiger partial charge in [-0.2, -0.15) is 0 Å². The Hall–Kier alpha value is -1.76. The molecule has 1 aromatic rings. The number of sulfone groups is 1. The number of rotatable bonds is 5. The predicted molar refractivity (Wildman–Crippen MR) is 77.1 cm³/mol. The number of carbonyl (C=O) groups is 1. The number of nitrogens with one attached hydrogen (secondary N) is 1. The van der Waals surface area contributed by atoms with E-state index >= 15 is 0 Å². The van der Waals surface area contributed by atoms with E-state index in [2.05, 4.69) is 5.32 Å². The number of amides is 1. The number of hydrogen-bond donors (Lipinski definition) is 2. The molecule has 0 spiro atoms. The third-order valence-electron chi connectivity index (χ3n) is 2.49. The molecule has 0 atom stereocenters. The molecule has 106 valence electrons. The zero-order valence-electron chi connectivity index (χ0n) is 11.3. The van der Waals surface area contributed by atoms with Crippen LogP contribution >= 0.6 is 0 Å². The molecule has 1 rings (SSSR count). The Kier molecular flexibility index (Phi) is 4.77. The van der Waals surface area contributed by atoms with Crippen molar-refractivity contribution < 1.29 is 13.2 Å². The lowest BCUT2D eigenvalue weighted by molar-refractivity contribution is 0.0827. The third kappa shape index (κ3) is 4.78. The molecule has 7 heteroatoms. The fourth-order valence-corrected chi connectivity index (χ4v) is 1.94. The lowest BCUT2D eigenvalue weighted by Gasteiger charge is -2.13. The first-order chi connectivity index (χ1) is 8.70. The largest absolute Gasteiger partial charge is 0.397 e. The molecule has 1 amide bonds. The van der Waals surface area contributed by atoms with Crippen molar-refractivity contribution >= 4 is 27.1 Å². The summed E-state index contributed by atoms with van der Waals surface area (Å²) >= 11 is 0. The second kappa shape index (κ2) is 5.92. The van der Waals surface area contributed by atoms with Crippen LogP contribution in [-0.2, 0) is 9.84 Å². The maximum atomic E-state index is 11.8. The summed E-state index contributed by atoms with van der Waals surface area (Å²) in [5.74, 6) is -0.121. The maximum Gasteiger partial charge on any atom is 0.253 e. The van der Waals surface area contributed by atoms with E-state index in [0.29, 0.717) is 16.9 Å². The van der Waals surface area contributed by atoms with Gasteiger partial charge in [-0.25, -0.2) is 8.42 Å². The number of nitrogens with two attached hydrogens (primary N) is 1. The van der Waals surface area contributed by atoms with Gasteiger partial charge < -0.3 is 16.0 Å². The van der Waals surface area contributed by atoms with E-state index in [4.69, 9.17) is 5.73 Å². The van der Waals surface area contributed by atoms with E-state index in [1.165, 1.54) is 11.2 Å². The molecule has 0 saturated carbocycles. The highest BCUT2D eigenvalue weighted by molar-refractivity contribution is 7.90. The molecule has 0 aromatic heterocycles. The summed E-state index contributed by atoms with van der Waals surface area (Å²) in [6.07, 6.45) is 1.17. The molecule has 0 radical (unpaired) electrons. The number of anilines is 2. The number of carbonyl (C=O) groups excluding carboxylic acids is 1. The highest BCUT2D eigenvalue weighted by atomic mass is 32.2. The fraction of sp³-hybridized carbons (Fsp3) is 0.417. The van der Waals surface area contributed by atoms with E-state index < -0.39 is 9.84 Å². The van der Waals surface area contributed by atoms with Gasteiger partial charge in [0, 0.05) is 32.5 Å². The molecule has 19 heavy (non-hydrogen) atoms. The normalized spacial score (nSPS) is 11.1. The first-order valence-corrected chi connectivity index (χ1v) is 7.79. The molecule has 1 aromatic carbocycles. The fourth-order valence-electron chi connectivity index (χ4n) is 1.47. The molecule has 6 nitrogen and oxygen atoms in total. The minimum Gasteiger partial charge on any atom is -0.397 e. The van der Waals surface area contributed by atoms with Crippen molar-refractivity contribution in [3.63, 3.8) is 0 Å². The summed E-state index contributed by atoms with van der Waals surface area (Å²) in [6.45, 7) is 0.253. The molecule has 0 unspecified atom stereocenters. The molecule has 0 saturated heterocycles. The quantitative estimate of drug-likeness (QED) is 0.765. The van der Waals surface area contributed by atoms with E-state index in [9.17, 15) is 13.2 Å². The Balaban J connectivity index is 2.83. The topological polar surface area (TPSA) is 92.5 Å². The number of hydrogen-bond acceptors (Lipinski definition) is 5. The van der Waals surface area contributed by atoms with Crippen LogP contribution < -0.4 is 11.1 Å². The standard InChI is InChI=1S/C12H19N3O3S/c1-15(2)12(16)9-4-5-10(13)11(8-9)14-6-7-19(3,17)18/h4-5,8,14H,6-7,13H2,1-3H3. The maximum absolute atomic E-state index is 11.8. The summed E-state index contributed by atoms with van der Waals surface area (Å²) in [7, 11) is 0.299. The monoisotopic (exact) mass is 285 g/mol. The zero-order chi connectivity index (χ0) is 14.6. The molecule has 3 N–H and O–H groups in total. The van der Waals surface area contributed by atoms with Gasteiger partial charge >= 0.3 is 0 Å². The van der Waals surface area contributed by atoms with Crippen LogP contribution in [0.5, 0.6) is 0 Å². The molecule has 0 aliphatic carbocycles. The second-order valence-corrected chi connectivity index (χ2v) is 6.82. The van der Waals surface area contributed by atoms with E-state index in [-0.39, 0.29) is 18.2 Å². The smallest absolute Gasteiger partial charge is 0.253 e. The van der Waals surface area contributed by atoms with Crippen molar-refractivity contribution in [1.82, 2.24) is 4.90 Å². The van der Waals surface area contributed by atoms with Gasteiger partial charge in [0.25, 0.3) is 5.91 Å². The lowest BCUT2D eigenvalue weighted by atomic mass is 10.1. The van der Waals surface area contributed by atoms with Crippen molar-refractivity contribution in [2.75, 3.05) is 43.7 Å². The lowest BCUT2D eigenvalue weighted by Crippen LogP contribution is -2.22. The summed E-state index contributed by atoms with van der Waals surface area (Å²) in [4.78, 5) is 13.3. The highest BCUT2D eigenvalue weighted by Crippen LogP contribution is 2.20. The molecule has 0 aliphatic rings. The van der Waals surface area contributed by atoms with E-state index in [0.717, 1.165) is 0 Å². The average molecular weight is 285 g/mol. The van der Waals surface area contributed by atoms with Crippen molar-refractivity contribution in [3.8, 4) is 0 Å². The molecular formula is C12H19N3O3S. The molecule has 0 fully saturated rings. The highest BCUT2D eigenvalue weighted by Gasteiger charge is 2.10. The Morgan fingerprint density at radius 1 is 1.37 bits per heavy atom. The summed E-state index contributed by atoms with van der Waals surface area (Å²) in [5, 5.41) is 2.93. The Morgan fingerprint density at radius 2 is 2.00 bits per heavy atom. The average Bonchev–Trinajstić information content (AvgIpc) is 2.29. The van der Waals surface area contributed by atoms with Crippen molar-refractivity contribution in [3.05, 3.63) is 23.8 Å². The Bertz CT molecular complexity index is 568. The second-order valence-electron chi connectivity index (χ2n) is 4.56. The molecule has 0 heterocycles. The van der Waals surface area contributed by atoms with E-state index in [1.54, 1.807) is 32.3 Å². The van der Waals surface area contributed by atoms with Crippen molar-refractivity contribution in [2.24, 2.45) is 0 Å². The summed E-state index contributed by atoms with van der Waals surface area (Å²) in [5.41, 5.74) is 7.32. The van der Waals surface area contributed by atoms with Crippen molar-refractivity contribution in [2.45, 2.75) is 0 Å². The molecule has 0 aliphatic heterocycles. The van der Waals surface area contributed by atoms with Gasteiger partial charge in [0.05, 0.1) is 17.1 Å². The molecule has 0 bridgehead atoms. The van der Waals surface area contributed by atoms with Crippen LogP contribution in [-0.4, -0.2) is 51.9 Å². The van der Waals surface area contributed by atoms with Gasteiger partial charge in [0.1, 0.15) is 9.84 Å². The first kappa shape index (κ1) is 15.3. The van der Waals surface area contributed by atoms with Gasteiger partial charge in [-0.3, -0.25) is 4.79 Å². The van der Waals surface area contributed by atoms with Gasteiger partial charge in [0.2, 0.25) is 0 Å². The van der Waals surface area contributed by atoms with Crippen LogP contribution in [0.15, 0.2) is 18.2 Å². The van der Waals surface area contributed by atoms with Gasteiger partial charge in [-0.1, -0.05) is 0 Å². The minimum absolute atomic E-state index is 0.0122. The summed E-state index contributed by atoms with van der Waals surface area (Å²) in [6, 6.07) is 4.89. The van der Waals surface area contributed by atoms with Crippen LogP contribution in [0.4, 0.5) is 11.4 Å². The van der Waals surface area contributed by atoms with Crippen LogP contribution in [0.3, 0.4) is 0 Å². The van der Waals surface area contributed by atoms with Gasteiger partial charge in [-0.05, 0) is 18.2 Å². The van der Waals surface area contributed by atoms with Crippen LogP contribution in [0.2, 0.25) is 0 Å². The van der Waals surface area contributed by atoms with E-state index in [1.807, 2.05) is 0 Å². The number of nitrogens with zero attached hydrogens (tertiary/aromatic N) is 1. The van der Waals surface area contributed by atoms with Crippen LogP contribution in [0.1, 0.15) is 10.4 Å². The first-order valence-electron chi connectivity index (χ1n) is 5.73. The SMILES string of the molecule is CN(C)C(=O)c1ccc(N)c(NCCS(C)(=O)=O)c1. The minimum atomic E-state index is -3.03. The Morgan fingerprint density at radius 3 is 2.53 bits per heavy atom. The zero-order valence-corrected chi connectivity index (χ0v) is 12.1. The van der Waals surface area contributed by atoms with Crippen LogP contribution in [0.25, 0.3) is 0 Å². The molecular weight excluding hydrogens is 266 g/mol. The summed E-state index contributed by atoms with van der Waals surface area (Å²) < 4.78 is 22.1. The van der Waals surface area contributed by atoms with Crippen LogP contribution in [0, 0.1) is 0 Å². The van der Waals surface area contributed by atoms with Gasteiger partial charge in [-0.15, -0.1) is 0 Å². The Labute approximate surface area is 113 Å². The third-order valence-corrected chi connectivity index (χ3v) is 3.44.